The standard InChI is InChI=1S/C13H7F6NO4/c14-12(15,16)7-3-6(4-8(5-7)13(17,18)19)11(23)24-20-9(21)1-2-10(20)22/h3-5H,1-2H2. The zero-order valence-electron chi connectivity index (χ0n) is 11.5. The van der Waals surface area contributed by atoms with Gasteiger partial charge in [-0.15, -0.1) is 5.06 Å². The Kier molecular flexibility index (Phi) is 4.29. The first-order valence-corrected chi connectivity index (χ1v) is 6.27. The second-order valence-electron chi connectivity index (χ2n) is 4.76. The lowest BCUT2D eigenvalue weighted by Gasteiger charge is -2.15. The third kappa shape index (κ3) is 3.66. The van der Waals surface area contributed by atoms with Gasteiger partial charge in [-0.05, 0) is 18.2 Å². The molecule has 0 bridgehead atoms. The van der Waals surface area contributed by atoms with Gasteiger partial charge in [0.15, 0.2) is 0 Å². The van der Waals surface area contributed by atoms with Crippen molar-refractivity contribution in [3.8, 4) is 0 Å². The van der Waals surface area contributed by atoms with Crippen LogP contribution in [0.2, 0.25) is 0 Å². The summed E-state index contributed by atoms with van der Waals surface area (Å²) in [4.78, 5) is 38.6. The molecule has 0 radical (unpaired) electrons. The number of hydroxylamine groups is 2. The molecule has 2 amide bonds. The molecule has 130 valence electrons. The lowest BCUT2D eigenvalue weighted by atomic mass is 10.0. The maximum absolute atomic E-state index is 12.7. The molecule has 1 fully saturated rings. The largest absolute Gasteiger partial charge is 0.416 e. The quantitative estimate of drug-likeness (QED) is 0.605. The van der Waals surface area contributed by atoms with Crippen molar-refractivity contribution < 1.29 is 45.6 Å². The van der Waals surface area contributed by atoms with Crippen molar-refractivity contribution in [3.63, 3.8) is 0 Å². The number of carbonyl (C=O) groups excluding carboxylic acids is 3. The van der Waals surface area contributed by atoms with Crippen LogP contribution in [-0.2, 0) is 26.8 Å². The predicted octanol–water partition coefficient (Wildman–Crippen LogP) is 2.95. The highest BCUT2D eigenvalue weighted by Crippen LogP contribution is 2.36. The first-order valence-electron chi connectivity index (χ1n) is 6.27. The predicted molar refractivity (Wildman–Crippen MR) is 62.9 cm³/mol. The molecule has 24 heavy (non-hydrogen) atoms. The van der Waals surface area contributed by atoms with Gasteiger partial charge in [0.2, 0.25) is 0 Å². The molecule has 1 aromatic rings. The van der Waals surface area contributed by atoms with E-state index in [9.17, 15) is 40.7 Å². The van der Waals surface area contributed by atoms with Gasteiger partial charge in [-0.2, -0.15) is 26.3 Å². The second kappa shape index (κ2) is 5.80. The summed E-state index contributed by atoms with van der Waals surface area (Å²) in [6, 6.07) is 0.119. The Morgan fingerprint density at radius 2 is 1.29 bits per heavy atom. The number of benzene rings is 1. The van der Waals surface area contributed by atoms with E-state index in [1.165, 1.54) is 0 Å². The molecule has 1 aliphatic heterocycles. The Morgan fingerprint density at radius 1 is 0.875 bits per heavy atom. The number of rotatable bonds is 2. The second-order valence-corrected chi connectivity index (χ2v) is 4.76. The summed E-state index contributed by atoms with van der Waals surface area (Å²) in [7, 11) is 0. The van der Waals surface area contributed by atoms with Gasteiger partial charge >= 0.3 is 18.3 Å². The van der Waals surface area contributed by atoms with E-state index < -0.39 is 46.8 Å². The van der Waals surface area contributed by atoms with Crippen molar-refractivity contribution in [2.45, 2.75) is 25.2 Å². The van der Waals surface area contributed by atoms with Gasteiger partial charge in [0.1, 0.15) is 0 Å². The van der Waals surface area contributed by atoms with E-state index in [4.69, 9.17) is 0 Å². The van der Waals surface area contributed by atoms with E-state index in [2.05, 4.69) is 4.84 Å². The van der Waals surface area contributed by atoms with Crippen LogP contribution < -0.4 is 0 Å². The van der Waals surface area contributed by atoms with Gasteiger partial charge in [-0.3, -0.25) is 9.59 Å². The first-order chi connectivity index (χ1) is 10.9. The van der Waals surface area contributed by atoms with Crippen LogP contribution in [0.3, 0.4) is 0 Å². The van der Waals surface area contributed by atoms with Crippen molar-refractivity contribution in [1.82, 2.24) is 5.06 Å². The minimum absolute atomic E-state index is 0.0237. The summed E-state index contributed by atoms with van der Waals surface area (Å²) in [5, 5.41) is 0.0237. The molecule has 0 saturated carbocycles. The van der Waals surface area contributed by atoms with E-state index >= 15 is 0 Å². The van der Waals surface area contributed by atoms with Crippen LogP contribution in [0.5, 0.6) is 0 Å². The first kappa shape index (κ1) is 17.8. The summed E-state index contributed by atoms with van der Waals surface area (Å²) >= 11 is 0. The lowest BCUT2D eigenvalue weighted by molar-refractivity contribution is -0.172. The van der Waals surface area contributed by atoms with Crippen molar-refractivity contribution in [2.75, 3.05) is 0 Å². The SMILES string of the molecule is O=C(ON1C(=O)CCC1=O)c1cc(C(F)(F)F)cc(C(F)(F)F)c1. The fraction of sp³-hybridized carbons (Fsp3) is 0.308. The van der Waals surface area contributed by atoms with E-state index in [1.807, 2.05) is 0 Å². The molecule has 2 rings (SSSR count). The van der Waals surface area contributed by atoms with Crippen LogP contribution in [0.1, 0.15) is 34.3 Å². The molecule has 0 unspecified atom stereocenters. The van der Waals surface area contributed by atoms with Crippen molar-refractivity contribution in [3.05, 3.63) is 34.9 Å². The van der Waals surface area contributed by atoms with Crippen LogP contribution in [0.4, 0.5) is 26.3 Å². The van der Waals surface area contributed by atoms with Gasteiger partial charge in [-0.25, -0.2) is 4.79 Å². The Hall–Kier alpha value is -2.59. The fourth-order valence-electron chi connectivity index (χ4n) is 1.87. The van der Waals surface area contributed by atoms with Crippen LogP contribution >= 0.6 is 0 Å². The van der Waals surface area contributed by atoms with E-state index in [0.717, 1.165) is 0 Å². The molecule has 1 aliphatic rings. The maximum Gasteiger partial charge on any atom is 0.416 e. The van der Waals surface area contributed by atoms with Gasteiger partial charge in [-0.1, -0.05) is 0 Å². The van der Waals surface area contributed by atoms with Crippen molar-refractivity contribution >= 4 is 17.8 Å². The van der Waals surface area contributed by atoms with Crippen molar-refractivity contribution in [2.24, 2.45) is 0 Å². The topological polar surface area (TPSA) is 63.7 Å². The van der Waals surface area contributed by atoms with Crippen molar-refractivity contribution in [1.29, 1.82) is 0 Å². The molecule has 5 nitrogen and oxygen atoms in total. The van der Waals surface area contributed by atoms with Gasteiger partial charge < -0.3 is 4.84 Å². The third-order valence-corrected chi connectivity index (χ3v) is 3.00. The minimum atomic E-state index is -5.14. The summed E-state index contributed by atoms with van der Waals surface area (Å²) in [6.07, 6.45) is -10.8. The average Bonchev–Trinajstić information content (AvgIpc) is 2.76. The van der Waals surface area contributed by atoms with Gasteiger partial charge in [0.05, 0.1) is 16.7 Å². The molecule has 0 N–H and O–H groups in total. The molecule has 1 heterocycles. The number of halogens is 6. The zero-order valence-corrected chi connectivity index (χ0v) is 11.5. The highest BCUT2D eigenvalue weighted by atomic mass is 19.4. The van der Waals surface area contributed by atoms with Crippen LogP contribution in [0.25, 0.3) is 0 Å². The molecule has 0 spiro atoms. The number of alkyl halides is 6. The summed E-state index contributed by atoms with van der Waals surface area (Å²) in [5.74, 6) is -3.53. The molecular formula is C13H7F6NO4. The number of hydrogen-bond donors (Lipinski definition) is 0. The lowest BCUT2D eigenvalue weighted by Crippen LogP contribution is -2.32. The smallest absolute Gasteiger partial charge is 0.325 e. The Balaban J connectivity index is 2.39. The summed E-state index contributed by atoms with van der Waals surface area (Å²) < 4.78 is 76.1. The highest BCUT2D eigenvalue weighted by molar-refractivity contribution is 6.02. The monoisotopic (exact) mass is 355 g/mol. The molecular weight excluding hydrogens is 348 g/mol. The molecule has 0 aliphatic carbocycles. The summed E-state index contributed by atoms with van der Waals surface area (Å²) in [5.41, 5.74) is -4.53. The average molecular weight is 355 g/mol. The Labute approximate surface area is 129 Å². The number of carbonyl (C=O) groups is 3. The van der Waals surface area contributed by atoms with Crippen LogP contribution in [0, 0.1) is 0 Å². The van der Waals surface area contributed by atoms with E-state index in [0.29, 0.717) is 0 Å². The normalized spacial score (nSPS) is 15.8. The molecule has 1 saturated heterocycles. The maximum atomic E-state index is 12.7. The Bertz CT molecular complexity index is 661. The Morgan fingerprint density at radius 3 is 1.67 bits per heavy atom. The van der Waals surface area contributed by atoms with Gasteiger partial charge in [0, 0.05) is 12.8 Å². The highest BCUT2D eigenvalue weighted by Gasteiger charge is 2.39. The summed E-state index contributed by atoms with van der Waals surface area (Å²) in [6.45, 7) is 0. The molecule has 11 heteroatoms. The van der Waals surface area contributed by atoms with E-state index in [1.54, 1.807) is 0 Å². The molecule has 0 atom stereocenters. The van der Waals surface area contributed by atoms with E-state index in [-0.39, 0.29) is 36.1 Å². The zero-order chi connectivity index (χ0) is 18.3. The fourth-order valence-corrected chi connectivity index (χ4v) is 1.87. The number of imide groups is 1. The number of nitrogens with zero attached hydrogens (tertiary/aromatic N) is 1. The van der Waals surface area contributed by atoms with Crippen LogP contribution in [0.15, 0.2) is 18.2 Å². The number of amides is 2. The van der Waals surface area contributed by atoms with Crippen LogP contribution in [-0.4, -0.2) is 22.8 Å². The third-order valence-electron chi connectivity index (χ3n) is 3.00. The molecule has 1 aromatic carbocycles. The number of hydrogen-bond acceptors (Lipinski definition) is 4. The molecule has 0 aromatic heterocycles. The van der Waals surface area contributed by atoms with Gasteiger partial charge in [0.25, 0.3) is 11.8 Å². The minimum Gasteiger partial charge on any atom is -0.325 e.